The number of hydrogen-bond donors (Lipinski definition) is 0. The SMILES string of the molecule is O=C(C1CCCOC1)C1CCOC2(CCSCC2)C1. The van der Waals surface area contributed by atoms with Crippen LogP contribution in [0.1, 0.15) is 38.5 Å². The Kier molecular flexibility index (Phi) is 4.50. The monoisotopic (exact) mass is 284 g/mol. The number of ether oxygens (including phenoxy) is 2. The van der Waals surface area contributed by atoms with Crippen LogP contribution in [0.25, 0.3) is 0 Å². The molecule has 1 spiro atoms. The summed E-state index contributed by atoms with van der Waals surface area (Å²) in [5.74, 6) is 3.22. The molecule has 0 aromatic rings. The van der Waals surface area contributed by atoms with Gasteiger partial charge in [0, 0.05) is 25.0 Å². The predicted molar refractivity (Wildman–Crippen MR) is 76.5 cm³/mol. The molecule has 108 valence electrons. The highest BCUT2D eigenvalue weighted by Gasteiger charge is 2.42. The Balaban J connectivity index is 1.62. The number of thioether (sulfide) groups is 1. The Morgan fingerprint density at radius 3 is 2.68 bits per heavy atom. The van der Waals surface area contributed by atoms with E-state index in [-0.39, 0.29) is 17.4 Å². The lowest BCUT2D eigenvalue weighted by molar-refractivity contribution is -0.145. The maximum absolute atomic E-state index is 12.6. The summed E-state index contributed by atoms with van der Waals surface area (Å²) in [7, 11) is 0. The van der Waals surface area contributed by atoms with Crippen LogP contribution in [-0.2, 0) is 14.3 Å². The first-order valence-electron chi connectivity index (χ1n) is 7.62. The van der Waals surface area contributed by atoms with Gasteiger partial charge in [-0.15, -0.1) is 0 Å². The highest BCUT2D eigenvalue weighted by Crippen LogP contribution is 2.41. The van der Waals surface area contributed by atoms with Crippen molar-refractivity contribution < 1.29 is 14.3 Å². The van der Waals surface area contributed by atoms with E-state index in [4.69, 9.17) is 9.47 Å². The number of rotatable bonds is 2. The molecule has 0 saturated carbocycles. The fraction of sp³-hybridized carbons (Fsp3) is 0.933. The molecule has 2 atom stereocenters. The van der Waals surface area contributed by atoms with Gasteiger partial charge >= 0.3 is 0 Å². The Bertz CT molecular complexity index is 314. The van der Waals surface area contributed by atoms with Crippen molar-refractivity contribution in [2.75, 3.05) is 31.3 Å². The van der Waals surface area contributed by atoms with Crippen molar-refractivity contribution in [2.45, 2.75) is 44.1 Å². The van der Waals surface area contributed by atoms with Crippen LogP contribution in [-0.4, -0.2) is 42.7 Å². The molecule has 0 radical (unpaired) electrons. The van der Waals surface area contributed by atoms with Crippen LogP contribution in [0.15, 0.2) is 0 Å². The van der Waals surface area contributed by atoms with Crippen LogP contribution in [0.3, 0.4) is 0 Å². The predicted octanol–water partition coefficient (Wildman–Crippen LogP) is 2.67. The lowest BCUT2D eigenvalue weighted by Crippen LogP contribution is -2.46. The molecular weight excluding hydrogens is 260 g/mol. The fourth-order valence-corrected chi connectivity index (χ4v) is 4.90. The van der Waals surface area contributed by atoms with Crippen LogP contribution in [0, 0.1) is 11.8 Å². The van der Waals surface area contributed by atoms with E-state index in [1.807, 2.05) is 11.8 Å². The summed E-state index contributed by atoms with van der Waals surface area (Å²) in [6.07, 6.45) is 6.21. The Morgan fingerprint density at radius 1 is 1.11 bits per heavy atom. The molecule has 0 amide bonds. The van der Waals surface area contributed by atoms with Gasteiger partial charge in [-0.2, -0.15) is 11.8 Å². The molecule has 3 fully saturated rings. The van der Waals surface area contributed by atoms with Gasteiger partial charge in [0.2, 0.25) is 0 Å². The van der Waals surface area contributed by atoms with E-state index in [0.717, 1.165) is 51.7 Å². The number of carbonyl (C=O) groups is 1. The van der Waals surface area contributed by atoms with Crippen LogP contribution in [0.5, 0.6) is 0 Å². The van der Waals surface area contributed by atoms with E-state index < -0.39 is 0 Å². The molecule has 0 aromatic carbocycles. The summed E-state index contributed by atoms with van der Waals surface area (Å²) in [5, 5.41) is 0. The quantitative estimate of drug-likeness (QED) is 0.781. The van der Waals surface area contributed by atoms with Gasteiger partial charge in [0.25, 0.3) is 0 Å². The number of ketones is 1. The normalized spacial score (nSPS) is 35.2. The summed E-state index contributed by atoms with van der Waals surface area (Å²) in [6, 6.07) is 0. The fourth-order valence-electron chi connectivity index (χ4n) is 3.66. The molecule has 19 heavy (non-hydrogen) atoms. The molecule has 3 saturated heterocycles. The van der Waals surface area contributed by atoms with Crippen molar-refractivity contribution in [1.82, 2.24) is 0 Å². The minimum Gasteiger partial charge on any atom is -0.381 e. The van der Waals surface area contributed by atoms with Gasteiger partial charge in [-0.05, 0) is 50.0 Å². The molecule has 0 aliphatic carbocycles. The van der Waals surface area contributed by atoms with Gasteiger partial charge in [-0.1, -0.05) is 0 Å². The van der Waals surface area contributed by atoms with E-state index in [1.165, 1.54) is 11.5 Å². The first-order chi connectivity index (χ1) is 9.29. The van der Waals surface area contributed by atoms with Gasteiger partial charge in [0.05, 0.1) is 12.2 Å². The highest BCUT2D eigenvalue weighted by molar-refractivity contribution is 7.99. The summed E-state index contributed by atoms with van der Waals surface area (Å²) in [4.78, 5) is 12.6. The molecule has 3 aliphatic rings. The number of Topliss-reactive ketones (excluding diaryl/α,β-unsaturated/α-hetero) is 1. The molecule has 0 aromatic heterocycles. The van der Waals surface area contributed by atoms with Gasteiger partial charge in [0.15, 0.2) is 0 Å². The molecule has 0 bridgehead atoms. The third kappa shape index (κ3) is 3.17. The summed E-state index contributed by atoms with van der Waals surface area (Å²) < 4.78 is 11.6. The lowest BCUT2D eigenvalue weighted by Gasteiger charge is -2.43. The molecular formula is C15H24O3S. The van der Waals surface area contributed by atoms with E-state index in [9.17, 15) is 4.79 Å². The minimum atomic E-state index is 0.0271. The summed E-state index contributed by atoms with van der Waals surface area (Å²) >= 11 is 2.02. The Morgan fingerprint density at radius 2 is 1.95 bits per heavy atom. The second-order valence-corrected chi connectivity index (χ2v) is 7.37. The Hall–Kier alpha value is -0.0600. The molecule has 3 heterocycles. The number of carbonyl (C=O) groups excluding carboxylic acids is 1. The van der Waals surface area contributed by atoms with Gasteiger partial charge < -0.3 is 9.47 Å². The smallest absolute Gasteiger partial charge is 0.141 e. The Labute approximate surface area is 119 Å². The van der Waals surface area contributed by atoms with Gasteiger partial charge in [-0.25, -0.2) is 0 Å². The maximum Gasteiger partial charge on any atom is 0.141 e. The zero-order valence-electron chi connectivity index (χ0n) is 11.6. The average Bonchev–Trinajstić information content (AvgIpc) is 2.48. The van der Waals surface area contributed by atoms with Crippen LogP contribution < -0.4 is 0 Å². The first-order valence-corrected chi connectivity index (χ1v) is 8.78. The van der Waals surface area contributed by atoms with Crippen LogP contribution >= 0.6 is 11.8 Å². The van der Waals surface area contributed by atoms with Crippen molar-refractivity contribution in [1.29, 1.82) is 0 Å². The van der Waals surface area contributed by atoms with Crippen molar-refractivity contribution >= 4 is 17.5 Å². The molecule has 0 N–H and O–H groups in total. The van der Waals surface area contributed by atoms with Crippen molar-refractivity contribution in [3.63, 3.8) is 0 Å². The second-order valence-electron chi connectivity index (χ2n) is 6.15. The highest BCUT2D eigenvalue weighted by atomic mass is 32.2. The lowest BCUT2D eigenvalue weighted by atomic mass is 9.76. The second kappa shape index (κ2) is 6.15. The molecule has 3 rings (SSSR count). The molecule has 3 aliphatic heterocycles. The van der Waals surface area contributed by atoms with Crippen LogP contribution in [0.2, 0.25) is 0 Å². The zero-order chi connectivity index (χ0) is 13.1. The zero-order valence-corrected chi connectivity index (χ0v) is 12.4. The average molecular weight is 284 g/mol. The van der Waals surface area contributed by atoms with Crippen LogP contribution in [0.4, 0.5) is 0 Å². The van der Waals surface area contributed by atoms with E-state index in [0.29, 0.717) is 12.4 Å². The van der Waals surface area contributed by atoms with Gasteiger partial charge in [-0.3, -0.25) is 4.79 Å². The van der Waals surface area contributed by atoms with Gasteiger partial charge in [0.1, 0.15) is 5.78 Å². The third-order valence-electron chi connectivity index (χ3n) is 4.86. The number of hydrogen-bond acceptors (Lipinski definition) is 4. The van der Waals surface area contributed by atoms with E-state index >= 15 is 0 Å². The third-order valence-corrected chi connectivity index (χ3v) is 5.85. The standard InChI is InChI=1S/C15H24O3S/c16-14(13-2-1-6-17-11-13)12-3-7-18-15(10-12)4-8-19-9-5-15/h12-13H,1-11H2. The topological polar surface area (TPSA) is 35.5 Å². The van der Waals surface area contributed by atoms with E-state index in [2.05, 4.69) is 0 Å². The first kappa shape index (κ1) is 13.9. The minimum absolute atomic E-state index is 0.0271. The molecule has 2 unspecified atom stereocenters. The maximum atomic E-state index is 12.6. The van der Waals surface area contributed by atoms with Crippen molar-refractivity contribution in [3.05, 3.63) is 0 Å². The largest absolute Gasteiger partial charge is 0.381 e. The molecule has 3 nitrogen and oxygen atoms in total. The summed E-state index contributed by atoms with van der Waals surface area (Å²) in [6.45, 7) is 2.26. The molecule has 4 heteroatoms. The van der Waals surface area contributed by atoms with Crippen molar-refractivity contribution in [2.24, 2.45) is 11.8 Å². The van der Waals surface area contributed by atoms with Crippen molar-refractivity contribution in [3.8, 4) is 0 Å². The summed E-state index contributed by atoms with van der Waals surface area (Å²) in [5.41, 5.74) is 0.0271. The van der Waals surface area contributed by atoms with E-state index in [1.54, 1.807) is 0 Å².